The van der Waals surface area contributed by atoms with Crippen LogP contribution >= 0.6 is 0 Å². The molecule has 1 atom stereocenters. The number of aryl methyl sites for hydroxylation is 2. The van der Waals surface area contributed by atoms with Gasteiger partial charge < -0.3 is 14.1 Å². The van der Waals surface area contributed by atoms with Crippen LogP contribution in [0.5, 0.6) is 5.88 Å². The maximum atomic E-state index is 14.5. The summed E-state index contributed by atoms with van der Waals surface area (Å²) in [7, 11) is -4.17. The second-order valence-electron chi connectivity index (χ2n) is 13.5. The van der Waals surface area contributed by atoms with Crippen LogP contribution in [0.25, 0.3) is 22.5 Å². The van der Waals surface area contributed by atoms with Gasteiger partial charge in [-0.25, -0.2) is 28.1 Å². The zero-order valence-electron chi connectivity index (χ0n) is 28.1. The quantitative estimate of drug-likeness (QED) is 0.197. The van der Waals surface area contributed by atoms with Gasteiger partial charge in [0.25, 0.3) is 15.9 Å². The average molecular weight is 681 g/mol. The molecule has 7 rings (SSSR count). The van der Waals surface area contributed by atoms with Gasteiger partial charge in [0.15, 0.2) is 0 Å². The van der Waals surface area contributed by atoms with E-state index in [0.29, 0.717) is 35.0 Å². The van der Waals surface area contributed by atoms with Crippen molar-refractivity contribution in [2.75, 3.05) is 11.3 Å². The molecule has 4 heterocycles. The molecular weight excluding hydrogens is 641 g/mol. The summed E-state index contributed by atoms with van der Waals surface area (Å²) in [5.41, 5.74) is 5.26. The van der Waals surface area contributed by atoms with E-state index in [4.69, 9.17) is 14.1 Å². The van der Waals surface area contributed by atoms with Crippen molar-refractivity contribution in [1.82, 2.24) is 24.8 Å². The van der Waals surface area contributed by atoms with Gasteiger partial charge in [-0.2, -0.15) is 4.98 Å². The van der Waals surface area contributed by atoms with Crippen molar-refractivity contribution in [2.24, 2.45) is 5.92 Å². The Bertz CT molecular complexity index is 2120. The van der Waals surface area contributed by atoms with Gasteiger partial charge >= 0.3 is 0 Å². The highest BCUT2D eigenvalue weighted by Crippen LogP contribution is 2.33. The fourth-order valence-corrected chi connectivity index (χ4v) is 7.90. The summed E-state index contributed by atoms with van der Waals surface area (Å²) in [6, 6.07) is 15.2. The van der Waals surface area contributed by atoms with Gasteiger partial charge in [0, 0.05) is 29.2 Å². The Morgan fingerprint density at radius 2 is 1.73 bits per heavy atom. The molecule has 1 aliphatic heterocycles. The molecule has 1 aliphatic carbocycles. The lowest BCUT2D eigenvalue weighted by Gasteiger charge is -2.33. The third-order valence-corrected chi connectivity index (χ3v) is 10.8. The van der Waals surface area contributed by atoms with Gasteiger partial charge in [-0.15, -0.1) is 0 Å². The van der Waals surface area contributed by atoms with E-state index in [1.54, 1.807) is 29.3 Å². The molecular formula is C37H40N6O5S. The Balaban J connectivity index is 1.34. The molecule has 1 saturated carbocycles. The van der Waals surface area contributed by atoms with Crippen molar-refractivity contribution in [2.45, 2.75) is 83.2 Å². The van der Waals surface area contributed by atoms with Crippen molar-refractivity contribution in [3.05, 3.63) is 88.9 Å². The zero-order valence-corrected chi connectivity index (χ0v) is 29.0. The van der Waals surface area contributed by atoms with Crippen LogP contribution in [0.2, 0.25) is 0 Å². The summed E-state index contributed by atoms with van der Waals surface area (Å²) in [4.78, 5) is 34.7. The lowest BCUT2D eigenvalue weighted by atomic mass is 9.97. The van der Waals surface area contributed by atoms with E-state index in [1.807, 2.05) is 52.0 Å². The number of nitrogens with zero attached hydrogens (tertiary/aromatic N) is 5. The number of amides is 1. The first kappa shape index (κ1) is 32.7. The van der Waals surface area contributed by atoms with Crippen LogP contribution in [0.1, 0.15) is 84.8 Å². The number of fused-ring (bicyclic) bond motifs is 5. The molecule has 2 aromatic carbocycles. The largest absolute Gasteiger partial charge is 0.475 e. The van der Waals surface area contributed by atoms with Crippen molar-refractivity contribution in [1.29, 1.82) is 0 Å². The van der Waals surface area contributed by atoms with Crippen LogP contribution in [0.3, 0.4) is 0 Å². The molecule has 254 valence electrons. The SMILES string of the molecule is Cc1cccc(C)c1-c1cc2nc(n1)NS(=O)(=O)c1cccc(c1)C(=O)N(Cc1cnc3oc(C(C)C)cc3n1)[C@H](CC1CCCC1)CO2. The minimum Gasteiger partial charge on any atom is -0.475 e. The monoisotopic (exact) mass is 680 g/mol. The maximum Gasteiger partial charge on any atom is 0.264 e. The van der Waals surface area contributed by atoms with E-state index in [2.05, 4.69) is 19.7 Å². The summed E-state index contributed by atoms with van der Waals surface area (Å²) in [6.07, 6.45) is 6.78. The molecule has 5 aromatic rings. The van der Waals surface area contributed by atoms with Crippen LogP contribution in [0, 0.1) is 19.8 Å². The topological polar surface area (TPSA) is 140 Å². The summed E-state index contributed by atoms with van der Waals surface area (Å²) in [5, 5.41) is 0. The molecule has 11 nitrogen and oxygen atoms in total. The van der Waals surface area contributed by atoms with Crippen LogP contribution in [0.15, 0.2) is 70.1 Å². The highest BCUT2D eigenvalue weighted by molar-refractivity contribution is 7.92. The summed E-state index contributed by atoms with van der Waals surface area (Å²) < 4.78 is 42.3. The van der Waals surface area contributed by atoms with Gasteiger partial charge in [0.05, 0.1) is 35.1 Å². The summed E-state index contributed by atoms with van der Waals surface area (Å²) in [5.74, 6) is 1.14. The normalized spacial score (nSPS) is 18.1. The number of benzene rings is 2. The lowest BCUT2D eigenvalue weighted by molar-refractivity contribution is 0.0542. The molecule has 1 N–H and O–H groups in total. The predicted molar refractivity (Wildman–Crippen MR) is 186 cm³/mol. The Kier molecular flexibility index (Phi) is 8.82. The summed E-state index contributed by atoms with van der Waals surface area (Å²) in [6.45, 7) is 8.33. The number of hydrogen-bond acceptors (Lipinski definition) is 9. The van der Waals surface area contributed by atoms with Crippen molar-refractivity contribution in [3.8, 4) is 17.1 Å². The smallest absolute Gasteiger partial charge is 0.264 e. The Morgan fingerprint density at radius 3 is 2.49 bits per heavy atom. The highest BCUT2D eigenvalue weighted by atomic mass is 32.2. The van der Waals surface area contributed by atoms with Gasteiger partial charge in [0.1, 0.15) is 17.9 Å². The van der Waals surface area contributed by atoms with E-state index in [9.17, 15) is 13.2 Å². The van der Waals surface area contributed by atoms with E-state index in [-0.39, 0.29) is 53.3 Å². The molecule has 3 aromatic heterocycles. The first-order valence-corrected chi connectivity index (χ1v) is 18.3. The number of aromatic nitrogens is 4. The van der Waals surface area contributed by atoms with Crippen LogP contribution in [-0.2, 0) is 16.6 Å². The summed E-state index contributed by atoms with van der Waals surface area (Å²) >= 11 is 0. The lowest BCUT2D eigenvalue weighted by Crippen LogP contribution is -2.44. The fraction of sp³-hybridized carbons (Fsp3) is 0.378. The number of carbonyl (C=O) groups is 1. The Morgan fingerprint density at radius 1 is 0.980 bits per heavy atom. The first-order valence-electron chi connectivity index (χ1n) is 16.8. The standard InChI is InChI=1S/C37H40N6O5S/c1-22(2)32-17-31-35(48-32)38-19-27(39-31)20-43-28(15-25-11-5-6-12-25)21-47-33-18-30(34-23(3)9-7-10-24(34)4)40-37(41-33)42-49(45,46)29-14-8-13-26(16-29)36(43)44/h7-10,13-14,16-19,22,25,28H,5-6,11-12,15,20-21H2,1-4H3,(H,40,41,42)/t28-/m1/s1. The molecule has 4 bridgehead atoms. The molecule has 0 spiro atoms. The fourth-order valence-electron chi connectivity index (χ4n) is 6.91. The van der Waals surface area contributed by atoms with Crippen molar-refractivity contribution in [3.63, 3.8) is 0 Å². The third kappa shape index (κ3) is 6.87. The van der Waals surface area contributed by atoms with Crippen LogP contribution < -0.4 is 9.46 Å². The van der Waals surface area contributed by atoms with Gasteiger partial charge in [-0.3, -0.25) is 4.79 Å². The third-order valence-electron chi connectivity index (χ3n) is 9.47. The zero-order chi connectivity index (χ0) is 34.3. The number of sulfonamides is 1. The van der Waals surface area contributed by atoms with E-state index < -0.39 is 10.0 Å². The van der Waals surface area contributed by atoms with E-state index in [0.717, 1.165) is 48.1 Å². The number of ether oxygens (including phenoxy) is 1. The highest BCUT2D eigenvalue weighted by Gasteiger charge is 2.32. The number of furan rings is 1. The van der Waals surface area contributed by atoms with Gasteiger partial charge in [-0.1, -0.05) is 63.8 Å². The molecule has 1 fully saturated rings. The minimum atomic E-state index is -4.17. The molecule has 0 radical (unpaired) electrons. The van der Waals surface area contributed by atoms with Crippen LogP contribution in [0.4, 0.5) is 5.95 Å². The molecule has 49 heavy (non-hydrogen) atoms. The van der Waals surface area contributed by atoms with Crippen molar-refractivity contribution < 1.29 is 22.4 Å². The number of carbonyl (C=O) groups excluding carboxylic acids is 1. The molecule has 0 saturated heterocycles. The molecule has 0 unspecified atom stereocenters. The maximum absolute atomic E-state index is 14.5. The van der Waals surface area contributed by atoms with Crippen LogP contribution in [-0.4, -0.2) is 51.8 Å². The second kappa shape index (κ2) is 13.2. The Labute approximate surface area is 286 Å². The number of hydrogen-bond donors (Lipinski definition) is 1. The number of anilines is 1. The molecule has 12 heteroatoms. The van der Waals surface area contributed by atoms with Gasteiger partial charge in [-0.05, 0) is 55.5 Å². The molecule has 2 aliphatic rings. The minimum absolute atomic E-state index is 0.0748. The number of rotatable bonds is 6. The van der Waals surface area contributed by atoms with Gasteiger partial charge in [0.2, 0.25) is 17.5 Å². The molecule has 1 amide bonds. The van der Waals surface area contributed by atoms with Crippen molar-refractivity contribution >= 4 is 33.1 Å². The van der Waals surface area contributed by atoms with E-state index in [1.165, 1.54) is 12.1 Å². The average Bonchev–Trinajstić information content (AvgIpc) is 3.75. The Hall–Kier alpha value is -4.84. The first-order chi connectivity index (χ1) is 23.5. The predicted octanol–water partition coefficient (Wildman–Crippen LogP) is 7.20. The van der Waals surface area contributed by atoms with E-state index >= 15 is 0 Å². The second-order valence-corrected chi connectivity index (χ2v) is 15.1. The number of nitrogens with one attached hydrogen (secondary N) is 1.